The van der Waals surface area contributed by atoms with E-state index in [1.807, 2.05) is 60.7 Å². The number of methoxy groups -OCH3 is 1. The molecular weight excluding hydrogens is 314 g/mol. The van der Waals surface area contributed by atoms with E-state index in [1.165, 1.54) is 0 Å². The van der Waals surface area contributed by atoms with Crippen molar-refractivity contribution in [3.63, 3.8) is 0 Å². The molecule has 1 N–H and O–H groups in total. The molecule has 0 unspecified atom stereocenters. The van der Waals surface area contributed by atoms with Gasteiger partial charge in [-0.2, -0.15) is 5.10 Å². The van der Waals surface area contributed by atoms with Crippen molar-refractivity contribution in [2.24, 2.45) is 0 Å². The number of anilines is 1. The van der Waals surface area contributed by atoms with Crippen molar-refractivity contribution < 1.29 is 9.53 Å². The Bertz CT molecular complexity index is 870. The van der Waals surface area contributed by atoms with Gasteiger partial charge in [0.1, 0.15) is 11.4 Å². The third-order valence-corrected chi connectivity index (χ3v) is 3.91. The van der Waals surface area contributed by atoms with Crippen molar-refractivity contribution in [3.8, 4) is 11.4 Å². The standard InChI is InChI=1S/C20H21N3O2/c1-14(2)17-13-18(23(22-17)15-9-5-4-6-10-15)20(24)21-16-11-7-8-12-19(16)25-3/h4-14H,1-3H3,(H,21,24). The van der Waals surface area contributed by atoms with Gasteiger partial charge in [-0.05, 0) is 36.2 Å². The first-order valence-corrected chi connectivity index (χ1v) is 8.20. The van der Waals surface area contributed by atoms with Gasteiger partial charge in [0.25, 0.3) is 5.91 Å². The average molecular weight is 335 g/mol. The van der Waals surface area contributed by atoms with E-state index < -0.39 is 0 Å². The number of hydrogen-bond donors (Lipinski definition) is 1. The first-order chi connectivity index (χ1) is 12.1. The van der Waals surface area contributed by atoms with Gasteiger partial charge in [-0.1, -0.05) is 44.2 Å². The van der Waals surface area contributed by atoms with Crippen molar-refractivity contribution in [1.29, 1.82) is 0 Å². The van der Waals surface area contributed by atoms with Gasteiger partial charge in [-0.25, -0.2) is 4.68 Å². The third-order valence-electron chi connectivity index (χ3n) is 3.91. The number of para-hydroxylation sites is 3. The summed E-state index contributed by atoms with van der Waals surface area (Å²) in [6.45, 7) is 4.11. The Kier molecular flexibility index (Phi) is 4.84. The number of rotatable bonds is 5. The molecule has 3 rings (SSSR count). The Morgan fingerprint density at radius 3 is 2.44 bits per heavy atom. The topological polar surface area (TPSA) is 56.1 Å². The number of ether oxygens (including phenoxy) is 1. The fourth-order valence-corrected chi connectivity index (χ4v) is 2.54. The number of nitrogens with zero attached hydrogens (tertiary/aromatic N) is 2. The Hall–Kier alpha value is -3.08. The zero-order chi connectivity index (χ0) is 17.8. The second-order valence-electron chi connectivity index (χ2n) is 6.01. The number of nitrogens with one attached hydrogen (secondary N) is 1. The van der Waals surface area contributed by atoms with E-state index in [2.05, 4.69) is 24.3 Å². The van der Waals surface area contributed by atoms with E-state index in [0.29, 0.717) is 17.1 Å². The monoisotopic (exact) mass is 335 g/mol. The van der Waals surface area contributed by atoms with E-state index in [9.17, 15) is 4.79 Å². The van der Waals surface area contributed by atoms with Crippen LogP contribution >= 0.6 is 0 Å². The Morgan fingerprint density at radius 1 is 1.08 bits per heavy atom. The molecule has 5 nitrogen and oxygen atoms in total. The van der Waals surface area contributed by atoms with Crippen LogP contribution in [0.5, 0.6) is 5.75 Å². The van der Waals surface area contributed by atoms with Gasteiger partial charge in [0, 0.05) is 0 Å². The summed E-state index contributed by atoms with van der Waals surface area (Å²) in [7, 11) is 1.58. The number of benzene rings is 2. The molecule has 5 heteroatoms. The smallest absolute Gasteiger partial charge is 0.274 e. The zero-order valence-corrected chi connectivity index (χ0v) is 14.6. The SMILES string of the molecule is COc1ccccc1NC(=O)c1cc(C(C)C)nn1-c1ccccc1. The van der Waals surface area contributed by atoms with Crippen molar-refractivity contribution in [1.82, 2.24) is 9.78 Å². The van der Waals surface area contributed by atoms with E-state index >= 15 is 0 Å². The van der Waals surface area contributed by atoms with Crippen molar-refractivity contribution in [3.05, 3.63) is 72.1 Å². The first-order valence-electron chi connectivity index (χ1n) is 8.20. The summed E-state index contributed by atoms with van der Waals surface area (Å²) < 4.78 is 6.98. The molecule has 0 aliphatic heterocycles. The molecule has 2 aromatic carbocycles. The number of carbonyl (C=O) groups excluding carboxylic acids is 1. The highest BCUT2D eigenvalue weighted by molar-refractivity contribution is 6.04. The summed E-state index contributed by atoms with van der Waals surface area (Å²) in [4.78, 5) is 12.9. The number of aromatic nitrogens is 2. The van der Waals surface area contributed by atoms with Gasteiger partial charge in [-0.15, -0.1) is 0 Å². The lowest BCUT2D eigenvalue weighted by Crippen LogP contribution is -2.17. The van der Waals surface area contributed by atoms with Crippen LogP contribution in [0.15, 0.2) is 60.7 Å². The molecule has 25 heavy (non-hydrogen) atoms. The maximum absolute atomic E-state index is 12.9. The van der Waals surface area contributed by atoms with Crippen LogP contribution in [0.2, 0.25) is 0 Å². The second-order valence-corrected chi connectivity index (χ2v) is 6.01. The first kappa shape index (κ1) is 16.8. The van der Waals surface area contributed by atoms with Gasteiger partial charge in [0.05, 0.1) is 24.2 Å². The molecule has 0 spiro atoms. The predicted octanol–water partition coefficient (Wildman–Crippen LogP) is 4.26. The summed E-state index contributed by atoms with van der Waals surface area (Å²) in [5.41, 5.74) is 2.83. The Labute approximate surface area is 147 Å². The van der Waals surface area contributed by atoms with Crippen LogP contribution in [-0.2, 0) is 0 Å². The summed E-state index contributed by atoms with van der Waals surface area (Å²) in [5.74, 6) is 0.612. The highest BCUT2D eigenvalue weighted by atomic mass is 16.5. The summed E-state index contributed by atoms with van der Waals surface area (Å²) in [6.07, 6.45) is 0. The van der Waals surface area contributed by atoms with Crippen molar-refractivity contribution in [2.75, 3.05) is 12.4 Å². The van der Waals surface area contributed by atoms with E-state index in [1.54, 1.807) is 11.8 Å². The highest BCUT2D eigenvalue weighted by Crippen LogP contribution is 2.25. The van der Waals surface area contributed by atoms with Crippen LogP contribution in [0.4, 0.5) is 5.69 Å². The van der Waals surface area contributed by atoms with Gasteiger partial charge in [0.2, 0.25) is 0 Å². The summed E-state index contributed by atoms with van der Waals surface area (Å²) >= 11 is 0. The number of carbonyl (C=O) groups is 1. The predicted molar refractivity (Wildman–Crippen MR) is 98.6 cm³/mol. The third kappa shape index (κ3) is 3.55. The fraction of sp³-hybridized carbons (Fsp3) is 0.200. The summed E-state index contributed by atoms with van der Waals surface area (Å²) in [6, 6.07) is 18.8. The fourth-order valence-electron chi connectivity index (χ4n) is 2.54. The Balaban J connectivity index is 1.99. The Morgan fingerprint density at radius 2 is 1.76 bits per heavy atom. The van der Waals surface area contributed by atoms with E-state index in [-0.39, 0.29) is 11.8 Å². The molecule has 0 aliphatic rings. The lowest BCUT2D eigenvalue weighted by atomic mass is 10.1. The highest BCUT2D eigenvalue weighted by Gasteiger charge is 2.19. The summed E-state index contributed by atoms with van der Waals surface area (Å²) in [5, 5.41) is 7.53. The molecule has 1 heterocycles. The zero-order valence-electron chi connectivity index (χ0n) is 14.6. The van der Waals surface area contributed by atoms with Gasteiger partial charge in [-0.3, -0.25) is 4.79 Å². The quantitative estimate of drug-likeness (QED) is 0.758. The molecule has 128 valence electrons. The minimum Gasteiger partial charge on any atom is -0.495 e. The molecule has 3 aromatic rings. The van der Waals surface area contributed by atoms with Gasteiger partial charge < -0.3 is 10.1 Å². The molecule has 0 saturated heterocycles. The van der Waals surface area contributed by atoms with E-state index in [4.69, 9.17) is 4.74 Å². The van der Waals surface area contributed by atoms with E-state index in [0.717, 1.165) is 11.4 Å². The number of hydrogen-bond acceptors (Lipinski definition) is 3. The lowest BCUT2D eigenvalue weighted by Gasteiger charge is -2.11. The van der Waals surface area contributed by atoms with Crippen LogP contribution in [0.3, 0.4) is 0 Å². The minimum absolute atomic E-state index is 0.225. The molecule has 0 aliphatic carbocycles. The molecular formula is C20H21N3O2. The lowest BCUT2D eigenvalue weighted by molar-refractivity contribution is 0.101. The maximum Gasteiger partial charge on any atom is 0.274 e. The van der Waals surface area contributed by atoms with Crippen LogP contribution in [0, 0.1) is 0 Å². The second kappa shape index (κ2) is 7.21. The molecule has 0 fully saturated rings. The molecule has 0 radical (unpaired) electrons. The van der Waals surface area contributed by atoms with Crippen molar-refractivity contribution >= 4 is 11.6 Å². The van der Waals surface area contributed by atoms with Crippen LogP contribution in [0.1, 0.15) is 35.9 Å². The molecule has 1 amide bonds. The normalized spacial score (nSPS) is 10.7. The molecule has 0 bridgehead atoms. The largest absolute Gasteiger partial charge is 0.495 e. The number of amides is 1. The maximum atomic E-state index is 12.9. The van der Waals surface area contributed by atoms with Gasteiger partial charge in [0.15, 0.2) is 0 Å². The minimum atomic E-state index is -0.229. The van der Waals surface area contributed by atoms with Crippen LogP contribution in [-0.4, -0.2) is 22.8 Å². The van der Waals surface area contributed by atoms with Crippen LogP contribution in [0.25, 0.3) is 5.69 Å². The van der Waals surface area contributed by atoms with Crippen LogP contribution < -0.4 is 10.1 Å². The molecule has 0 atom stereocenters. The molecule has 1 aromatic heterocycles. The molecule has 0 saturated carbocycles. The average Bonchev–Trinajstić information content (AvgIpc) is 3.09. The van der Waals surface area contributed by atoms with Crippen molar-refractivity contribution in [2.45, 2.75) is 19.8 Å². The van der Waals surface area contributed by atoms with Gasteiger partial charge >= 0.3 is 0 Å².